The molecule has 0 radical (unpaired) electrons. The predicted octanol–water partition coefficient (Wildman–Crippen LogP) is 2.81. The van der Waals surface area contributed by atoms with E-state index in [1.165, 1.54) is 38.5 Å². The van der Waals surface area contributed by atoms with Gasteiger partial charge in [-0.1, -0.05) is 51.9 Å². The van der Waals surface area contributed by atoms with Crippen molar-refractivity contribution in [2.24, 2.45) is 0 Å². The summed E-state index contributed by atoms with van der Waals surface area (Å²) in [7, 11) is -10.3. The summed E-state index contributed by atoms with van der Waals surface area (Å²) in [4.78, 5) is 38.3. The molecule has 0 aromatic rings. The van der Waals surface area contributed by atoms with E-state index in [9.17, 15) is 14.0 Å². The minimum Gasteiger partial charge on any atom is -0.778 e. The Bertz CT molecular complexity index is 373. The van der Waals surface area contributed by atoms with Crippen LogP contribution in [0.1, 0.15) is 64.7 Å². The Morgan fingerprint density at radius 1 is 0.913 bits per heavy atom. The third-order valence-corrected chi connectivity index (χ3v) is 9.85. The van der Waals surface area contributed by atoms with Crippen LogP contribution in [0.2, 0.25) is 0 Å². The molecule has 23 heavy (non-hydrogen) atoms. The molecule has 0 aliphatic rings. The SMILES string of the molecule is CCCCCCCCCCC[S+](C)CC(P(=O)([O-])O)P(=O)(O)O. The van der Waals surface area contributed by atoms with Crippen molar-refractivity contribution in [3.8, 4) is 0 Å². The zero-order chi connectivity index (χ0) is 17.9. The second-order valence-corrected chi connectivity index (χ2v) is 12.4. The molecular weight excluding hydrogens is 358 g/mol. The number of hydrogen-bond donors (Lipinski definition) is 3. The van der Waals surface area contributed by atoms with Gasteiger partial charge in [0.1, 0.15) is 11.5 Å². The molecule has 0 bridgehead atoms. The van der Waals surface area contributed by atoms with Crippen LogP contribution in [0.25, 0.3) is 0 Å². The van der Waals surface area contributed by atoms with E-state index in [1.807, 2.05) is 0 Å². The summed E-state index contributed by atoms with van der Waals surface area (Å²) in [6.45, 7) is 2.20. The largest absolute Gasteiger partial charge is 0.778 e. The van der Waals surface area contributed by atoms with Gasteiger partial charge >= 0.3 is 7.60 Å². The molecule has 6 nitrogen and oxygen atoms in total. The zero-order valence-electron chi connectivity index (χ0n) is 14.2. The lowest BCUT2D eigenvalue weighted by Crippen LogP contribution is -2.27. The van der Waals surface area contributed by atoms with Crippen molar-refractivity contribution in [3.63, 3.8) is 0 Å². The average molecular weight is 390 g/mol. The van der Waals surface area contributed by atoms with Gasteiger partial charge in [-0.25, -0.2) is 0 Å². The molecular formula is C14H32O6P2S. The highest BCUT2D eigenvalue weighted by Gasteiger charge is 2.41. The second kappa shape index (κ2) is 12.1. The van der Waals surface area contributed by atoms with E-state index >= 15 is 0 Å². The zero-order valence-corrected chi connectivity index (χ0v) is 16.8. The highest BCUT2D eigenvalue weighted by Crippen LogP contribution is 2.57. The first kappa shape index (κ1) is 23.6. The van der Waals surface area contributed by atoms with Crippen molar-refractivity contribution in [1.82, 2.24) is 0 Å². The van der Waals surface area contributed by atoms with E-state index in [1.54, 1.807) is 6.26 Å². The minimum absolute atomic E-state index is 0.168. The Balaban J connectivity index is 3.87. The van der Waals surface area contributed by atoms with Gasteiger partial charge in [0.05, 0.1) is 6.26 Å². The van der Waals surface area contributed by atoms with Crippen LogP contribution in [0.3, 0.4) is 0 Å². The van der Waals surface area contributed by atoms with Crippen LogP contribution in [0.4, 0.5) is 0 Å². The van der Waals surface area contributed by atoms with Crippen LogP contribution in [-0.4, -0.2) is 37.8 Å². The third kappa shape index (κ3) is 12.6. The molecule has 3 N–H and O–H groups in total. The summed E-state index contributed by atoms with van der Waals surface area (Å²) >= 11 is 0. The van der Waals surface area contributed by atoms with Crippen LogP contribution < -0.4 is 4.89 Å². The molecule has 140 valence electrons. The van der Waals surface area contributed by atoms with Gasteiger partial charge in [0.15, 0.2) is 13.0 Å². The molecule has 0 aliphatic carbocycles. The number of unbranched alkanes of at least 4 members (excludes halogenated alkanes) is 8. The maximum atomic E-state index is 11.2. The quantitative estimate of drug-likeness (QED) is 0.238. The highest BCUT2D eigenvalue weighted by atomic mass is 32.2. The first-order valence-electron chi connectivity index (χ1n) is 8.27. The molecule has 3 unspecified atom stereocenters. The Morgan fingerprint density at radius 2 is 1.35 bits per heavy atom. The molecule has 0 aliphatic heterocycles. The van der Waals surface area contributed by atoms with E-state index in [2.05, 4.69) is 6.92 Å². The normalized spacial score (nSPS) is 17.7. The van der Waals surface area contributed by atoms with Crippen LogP contribution in [0.5, 0.6) is 0 Å². The van der Waals surface area contributed by atoms with Gasteiger partial charge in [0, 0.05) is 0 Å². The van der Waals surface area contributed by atoms with E-state index in [-0.39, 0.29) is 5.75 Å². The van der Waals surface area contributed by atoms with Gasteiger partial charge in [-0.2, -0.15) is 0 Å². The van der Waals surface area contributed by atoms with Crippen molar-refractivity contribution in [3.05, 3.63) is 0 Å². The van der Waals surface area contributed by atoms with Gasteiger partial charge in [-0.3, -0.25) is 4.57 Å². The first-order chi connectivity index (χ1) is 10.6. The first-order valence-corrected chi connectivity index (χ1v) is 13.6. The Hall–Kier alpha value is 0.650. The molecule has 0 saturated carbocycles. The fourth-order valence-corrected chi connectivity index (χ4v) is 8.33. The fourth-order valence-electron chi connectivity index (χ4n) is 2.38. The molecule has 0 saturated heterocycles. The van der Waals surface area contributed by atoms with Crippen molar-refractivity contribution in [2.75, 3.05) is 17.8 Å². The molecule has 9 heteroatoms. The van der Waals surface area contributed by atoms with E-state index in [0.717, 1.165) is 25.0 Å². The molecule has 0 fully saturated rings. The third-order valence-electron chi connectivity index (χ3n) is 3.79. The van der Waals surface area contributed by atoms with E-state index in [4.69, 9.17) is 14.7 Å². The second-order valence-electron chi connectivity index (χ2n) is 6.11. The molecule has 3 atom stereocenters. The maximum absolute atomic E-state index is 11.2. The summed E-state index contributed by atoms with van der Waals surface area (Å²) < 4.78 is 22.3. The molecule has 0 aromatic heterocycles. The average Bonchev–Trinajstić information content (AvgIpc) is 2.40. The lowest BCUT2D eigenvalue weighted by atomic mass is 10.1. The number of hydrogen-bond acceptors (Lipinski definition) is 3. The van der Waals surface area contributed by atoms with Crippen molar-refractivity contribution >= 4 is 26.1 Å². The summed E-state index contributed by atoms with van der Waals surface area (Å²) in [5.41, 5.74) is 0. The topological polar surface area (TPSA) is 118 Å². The van der Waals surface area contributed by atoms with Gasteiger partial charge < -0.3 is 24.1 Å². The van der Waals surface area contributed by atoms with E-state index < -0.39 is 31.5 Å². The molecule has 0 heterocycles. The molecule has 0 rings (SSSR count). The Morgan fingerprint density at radius 3 is 1.74 bits per heavy atom. The highest BCUT2D eigenvalue weighted by molar-refractivity contribution is 7.97. The standard InChI is InChI=1S/C14H32O6P2S/c1-3-4-5-6-7-8-9-10-11-12-23(2)13-14(21(15,16)17)22(18,19)20/h14H,3-13H2,1-2H3,(H3-,15,16,17,18,19,20). The van der Waals surface area contributed by atoms with Crippen molar-refractivity contribution < 1.29 is 28.7 Å². The lowest BCUT2D eigenvalue weighted by molar-refractivity contribution is -0.194. The Kier molecular flexibility index (Phi) is 12.4. The van der Waals surface area contributed by atoms with Gasteiger partial charge in [-0.05, 0) is 23.7 Å². The number of rotatable bonds is 14. The lowest BCUT2D eigenvalue weighted by Gasteiger charge is -2.26. The Labute approximate surface area is 143 Å². The summed E-state index contributed by atoms with van der Waals surface area (Å²) in [5.74, 6) is 0.574. The molecule has 0 amide bonds. The van der Waals surface area contributed by atoms with Gasteiger partial charge in [0.2, 0.25) is 0 Å². The van der Waals surface area contributed by atoms with Gasteiger partial charge in [-0.15, -0.1) is 0 Å². The van der Waals surface area contributed by atoms with Gasteiger partial charge in [0.25, 0.3) is 0 Å². The summed E-state index contributed by atoms with van der Waals surface area (Å²) in [6.07, 6.45) is 12.5. The van der Waals surface area contributed by atoms with Crippen LogP contribution in [0, 0.1) is 0 Å². The van der Waals surface area contributed by atoms with Crippen molar-refractivity contribution in [1.29, 1.82) is 0 Å². The fraction of sp³-hybridized carbons (Fsp3) is 1.00. The monoisotopic (exact) mass is 390 g/mol. The smallest absolute Gasteiger partial charge is 0.341 e. The molecule has 0 spiro atoms. The van der Waals surface area contributed by atoms with Crippen LogP contribution in [0.15, 0.2) is 0 Å². The molecule has 0 aromatic carbocycles. The van der Waals surface area contributed by atoms with Crippen LogP contribution >= 0.6 is 15.2 Å². The van der Waals surface area contributed by atoms with Crippen molar-refractivity contribution in [2.45, 2.75) is 70.1 Å². The van der Waals surface area contributed by atoms with Crippen LogP contribution in [-0.2, 0) is 20.0 Å². The summed E-state index contributed by atoms with van der Waals surface area (Å²) in [5, 5.41) is -1.96. The predicted molar refractivity (Wildman–Crippen MR) is 95.9 cm³/mol. The summed E-state index contributed by atoms with van der Waals surface area (Å²) in [6, 6.07) is 0. The maximum Gasteiger partial charge on any atom is 0.341 e. The minimum atomic E-state index is -5.02. The van der Waals surface area contributed by atoms with E-state index in [0.29, 0.717) is 0 Å².